The summed E-state index contributed by atoms with van der Waals surface area (Å²) in [6, 6.07) is 10.8. The molecule has 7 rings (SSSR count). The minimum atomic E-state index is -1.49. The number of fused-ring (bicyclic) bond motifs is 1. The number of halogens is 1. The van der Waals surface area contributed by atoms with E-state index in [0.717, 1.165) is 31.2 Å². The van der Waals surface area contributed by atoms with Gasteiger partial charge in [-0.2, -0.15) is 0 Å². The van der Waals surface area contributed by atoms with E-state index in [2.05, 4.69) is 25.7 Å². The lowest BCUT2D eigenvalue weighted by atomic mass is 9.81. The molecule has 2 aliphatic heterocycles. The third-order valence-corrected chi connectivity index (χ3v) is 12.3. The Labute approximate surface area is 310 Å². The molecule has 3 heterocycles. The number of carbonyl (C=O) groups is 3. The van der Waals surface area contributed by atoms with E-state index in [1.54, 1.807) is 11.8 Å². The minimum absolute atomic E-state index is 0.00602. The lowest BCUT2D eigenvalue weighted by molar-refractivity contribution is -0.119. The van der Waals surface area contributed by atoms with Crippen LogP contribution in [0.25, 0.3) is 0 Å². The summed E-state index contributed by atoms with van der Waals surface area (Å²) in [4.78, 5) is 42.0. The highest BCUT2D eigenvalue weighted by Gasteiger charge is 2.49. The Bertz CT molecular complexity index is 1860. The first-order valence-corrected chi connectivity index (χ1v) is 19.5. The van der Waals surface area contributed by atoms with Crippen LogP contribution in [-0.2, 0) is 27.1 Å². The van der Waals surface area contributed by atoms with Gasteiger partial charge in [-0.3, -0.25) is 9.59 Å². The number of hydrogen-bond donors (Lipinski definition) is 3. The monoisotopic (exact) mass is 750 g/mol. The fourth-order valence-corrected chi connectivity index (χ4v) is 8.31. The van der Waals surface area contributed by atoms with Gasteiger partial charge < -0.3 is 25.0 Å². The van der Waals surface area contributed by atoms with Gasteiger partial charge in [0.25, 0.3) is 5.91 Å². The average Bonchev–Trinajstić information content (AvgIpc) is 4.07. The van der Waals surface area contributed by atoms with Crippen molar-refractivity contribution in [3.63, 3.8) is 0 Å². The van der Waals surface area contributed by atoms with Crippen molar-refractivity contribution in [1.82, 2.24) is 25.3 Å². The Morgan fingerprint density at radius 1 is 1.06 bits per heavy atom. The third kappa shape index (κ3) is 8.40. The first kappa shape index (κ1) is 37.0. The van der Waals surface area contributed by atoms with Crippen LogP contribution in [0.1, 0.15) is 99.1 Å². The normalized spacial score (nSPS) is 20.6. The van der Waals surface area contributed by atoms with Gasteiger partial charge in [-0.05, 0) is 87.9 Å². The van der Waals surface area contributed by atoms with Gasteiger partial charge in [0.15, 0.2) is 5.69 Å². The van der Waals surface area contributed by atoms with Crippen molar-refractivity contribution in [2.24, 2.45) is 17.8 Å². The van der Waals surface area contributed by atoms with Crippen LogP contribution in [0.5, 0.6) is 5.75 Å². The van der Waals surface area contributed by atoms with Crippen LogP contribution in [0.3, 0.4) is 0 Å². The van der Waals surface area contributed by atoms with Crippen LogP contribution in [0.15, 0.2) is 47.1 Å². The molecule has 0 radical (unpaired) electrons. The first-order chi connectivity index (χ1) is 25.3. The Morgan fingerprint density at radius 2 is 1.74 bits per heavy atom. The highest BCUT2D eigenvalue weighted by atomic mass is 32.2. The highest BCUT2D eigenvalue weighted by molar-refractivity contribution is 7.84. The molecule has 2 saturated carbocycles. The molecule has 3 N–H and O–H groups in total. The predicted molar refractivity (Wildman–Crippen MR) is 193 cm³/mol. The molecular formula is C38H47FN6O7S. The van der Waals surface area contributed by atoms with E-state index in [1.165, 1.54) is 12.1 Å². The van der Waals surface area contributed by atoms with E-state index < -0.39 is 57.1 Å². The number of likely N-dealkylation sites (tertiary alicyclic amines) is 1. The maximum atomic E-state index is 16.0. The van der Waals surface area contributed by atoms with E-state index in [-0.39, 0.29) is 35.7 Å². The van der Waals surface area contributed by atoms with Crippen molar-refractivity contribution in [3.8, 4) is 5.75 Å². The number of carbonyl (C=O) groups excluding carboxylic acids is 3. The maximum Gasteiger partial charge on any atom is 0.410 e. The van der Waals surface area contributed by atoms with Gasteiger partial charge in [0, 0.05) is 44.0 Å². The molecule has 15 heteroatoms. The van der Waals surface area contributed by atoms with Crippen LogP contribution in [-0.4, -0.2) is 66.8 Å². The lowest BCUT2D eigenvalue weighted by Gasteiger charge is -2.47. The fraction of sp³-hybridized carbons (Fsp3) is 0.553. The second kappa shape index (κ2) is 14.8. The quantitative estimate of drug-likeness (QED) is 0.222. The number of amides is 3. The van der Waals surface area contributed by atoms with E-state index in [9.17, 15) is 18.6 Å². The predicted octanol–water partition coefficient (Wildman–Crippen LogP) is 5.74. The molecule has 2 aromatic carbocycles. The topological polar surface area (TPSA) is 165 Å². The SMILES string of the molecule is Cc1nonc1C(=O)N[C@H](C(=O)Nc1cc2c(cc1F)C(N[S@](=O)C(C)(C)C)CC1(CCN(C(=O)OCc3ccccc3)CC1)O2)C(C1CC1)C1CC1. The number of rotatable bonds is 11. The molecule has 3 atom stereocenters. The van der Waals surface area contributed by atoms with Crippen LogP contribution in [0, 0.1) is 30.5 Å². The number of hydrogen-bond acceptors (Lipinski definition) is 9. The van der Waals surface area contributed by atoms with Crippen LogP contribution in [0.4, 0.5) is 14.9 Å². The molecule has 4 aliphatic rings. The van der Waals surface area contributed by atoms with E-state index >= 15 is 4.39 Å². The summed E-state index contributed by atoms with van der Waals surface area (Å²) in [5, 5.41) is 13.1. The van der Waals surface area contributed by atoms with E-state index in [4.69, 9.17) is 14.1 Å². The van der Waals surface area contributed by atoms with Crippen LogP contribution >= 0.6 is 0 Å². The lowest BCUT2D eigenvalue weighted by Crippen LogP contribution is -2.53. The summed E-state index contributed by atoms with van der Waals surface area (Å²) in [7, 11) is -1.49. The molecule has 1 aromatic heterocycles. The van der Waals surface area contributed by atoms with Crippen molar-refractivity contribution >= 4 is 34.6 Å². The molecule has 3 fully saturated rings. The fourth-order valence-electron chi connectivity index (χ4n) is 7.49. The van der Waals surface area contributed by atoms with E-state index in [0.29, 0.717) is 49.4 Å². The van der Waals surface area contributed by atoms with Crippen molar-refractivity contribution in [2.45, 2.75) is 102 Å². The molecule has 13 nitrogen and oxygen atoms in total. The Hall–Kier alpha value is -4.37. The third-order valence-electron chi connectivity index (χ3n) is 10.7. The molecule has 3 amide bonds. The number of nitrogens with zero attached hydrogens (tertiary/aromatic N) is 3. The maximum absolute atomic E-state index is 16.0. The minimum Gasteiger partial charge on any atom is -0.487 e. The Balaban J connectivity index is 1.12. The second-order valence-electron chi connectivity index (χ2n) is 15.8. The average molecular weight is 751 g/mol. The Morgan fingerprint density at radius 3 is 2.34 bits per heavy atom. The van der Waals surface area contributed by atoms with Gasteiger partial charge in [0.1, 0.15) is 35.5 Å². The number of ether oxygens (including phenoxy) is 2. The summed E-state index contributed by atoms with van der Waals surface area (Å²) < 4.78 is 49.1. The first-order valence-electron chi connectivity index (χ1n) is 18.4. The summed E-state index contributed by atoms with van der Waals surface area (Å²) in [5.74, 6) is -0.995. The van der Waals surface area contributed by atoms with Gasteiger partial charge in [-0.25, -0.2) is 22.7 Å². The number of aromatic nitrogens is 2. The van der Waals surface area contributed by atoms with Gasteiger partial charge in [0.05, 0.1) is 27.5 Å². The number of nitrogens with one attached hydrogen (secondary N) is 3. The van der Waals surface area contributed by atoms with Gasteiger partial charge in [0.2, 0.25) is 5.91 Å². The largest absolute Gasteiger partial charge is 0.487 e. The second-order valence-corrected chi connectivity index (χ2v) is 17.8. The van der Waals surface area contributed by atoms with Crippen molar-refractivity contribution in [2.75, 3.05) is 18.4 Å². The molecule has 1 saturated heterocycles. The standard InChI is InChI=1S/C38H47FN6O7S/c1-22-32(43-52-42-22)34(46)41-33(31(24-10-11-24)25-12-13-25)35(47)40-28-19-30-26(18-27(28)39)29(44-53(49)37(2,3)4)20-38(51-30)14-16-45(17-15-38)36(48)50-21-23-8-6-5-7-9-23/h5-9,18-19,24-25,29,31,33,44H,10-17,20-21H2,1-4H3,(H,40,47)(H,41,46)/t29?,33-,53+/m0/s1. The number of benzene rings is 2. The zero-order valence-electron chi connectivity index (χ0n) is 30.5. The number of anilines is 1. The van der Waals surface area contributed by atoms with Crippen molar-refractivity contribution < 1.29 is 37.1 Å². The van der Waals surface area contributed by atoms with Gasteiger partial charge in [-0.1, -0.05) is 35.5 Å². The molecule has 1 spiro atoms. The van der Waals surface area contributed by atoms with Crippen molar-refractivity contribution in [3.05, 3.63) is 70.8 Å². The Kier molecular flexibility index (Phi) is 10.3. The molecule has 3 aromatic rings. The molecule has 1 unspecified atom stereocenters. The number of aryl methyl sites for hydroxylation is 1. The van der Waals surface area contributed by atoms with Gasteiger partial charge in [-0.15, -0.1) is 0 Å². The zero-order chi connectivity index (χ0) is 37.5. The van der Waals surface area contributed by atoms with Crippen LogP contribution < -0.4 is 20.1 Å². The molecule has 284 valence electrons. The van der Waals surface area contributed by atoms with Crippen LogP contribution in [0.2, 0.25) is 0 Å². The molecule has 0 bridgehead atoms. The highest BCUT2D eigenvalue weighted by Crippen LogP contribution is 2.51. The van der Waals surface area contributed by atoms with Crippen molar-refractivity contribution in [1.29, 1.82) is 0 Å². The molecular weight excluding hydrogens is 704 g/mol. The summed E-state index contributed by atoms with van der Waals surface area (Å²) in [6.45, 7) is 8.07. The van der Waals surface area contributed by atoms with E-state index in [1.807, 2.05) is 51.1 Å². The molecule has 2 aliphatic carbocycles. The zero-order valence-corrected chi connectivity index (χ0v) is 31.3. The van der Waals surface area contributed by atoms with Gasteiger partial charge >= 0.3 is 6.09 Å². The summed E-state index contributed by atoms with van der Waals surface area (Å²) in [5.41, 5.74) is 0.824. The number of piperidine rings is 1. The molecule has 53 heavy (non-hydrogen) atoms. The summed E-state index contributed by atoms with van der Waals surface area (Å²) >= 11 is 0. The summed E-state index contributed by atoms with van der Waals surface area (Å²) in [6.07, 6.45) is 4.74. The smallest absolute Gasteiger partial charge is 0.410 e.